The molecule has 24 heavy (non-hydrogen) atoms. The van der Waals surface area contributed by atoms with Gasteiger partial charge in [0, 0.05) is 10.2 Å². The first-order valence-corrected chi connectivity index (χ1v) is 8.09. The predicted octanol–water partition coefficient (Wildman–Crippen LogP) is 3.81. The number of carbonyl (C=O) groups is 1. The molecule has 0 radical (unpaired) electrons. The Morgan fingerprint density at radius 1 is 1.21 bits per heavy atom. The number of hydrogen-bond donors (Lipinski definition) is 2. The molecule has 122 valence electrons. The van der Waals surface area contributed by atoms with Gasteiger partial charge >= 0.3 is 0 Å². The van der Waals surface area contributed by atoms with Gasteiger partial charge in [0.1, 0.15) is 11.5 Å². The SMILES string of the molecule is Cc1cc(C(=O)NCc2ccco2)nc(Nc2ccccc2Br)n1. The summed E-state index contributed by atoms with van der Waals surface area (Å²) < 4.78 is 6.08. The first-order chi connectivity index (χ1) is 11.6. The molecule has 1 aromatic carbocycles. The van der Waals surface area contributed by atoms with E-state index in [2.05, 4.69) is 36.5 Å². The molecule has 2 heterocycles. The zero-order chi connectivity index (χ0) is 16.9. The highest BCUT2D eigenvalue weighted by Gasteiger charge is 2.12. The second-order valence-electron chi connectivity index (χ2n) is 5.09. The number of aryl methyl sites for hydroxylation is 1. The molecule has 6 nitrogen and oxygen atoms in total. The second kappa shape index (κ2) is 7.27. The van der Waals surface area contributed by atoms with Gasteiger partial charge in [0.2, 0.25) is 5.95 Å². The summed E-state index contributed by atoms with van der Waals surface area (Å²) >= 11 is 3.46. The summed E-state index contributed by atoms with van der Waals surface area (Å²) in [5, 5.41) is 5.88. The Hall–Kier alpha value is -2.67. The Balaban J connectivity index is 1.75. The number of hydrogen-bond acceptors (Lipinski definition) is 5. The highest BCUT2D eigenvalue weighted by molar-refractivity contribution is 9.10. The van der Waals surface area contributed by atoms with Crippen LogP contribution in [0.2, 0.25) is 0 Å². The number of anilines is 2. The number of furan rings is 1. The quantitative estimate of drug-likeness (QED) is 0.696. The highest BCUT2D eigenvalue weighted by atomic mass is 79.9. The summed E-state index contributed by atoms with van der Waals surface area (Å²) in [5.74, 6) is 0.762. The lowest BCUT2D eigenvalue weighted by Crippen LogP contribution is -2.24. The fourth-order valence-electron chi connectivity index (χ4n) is 2.09. The van der Waals surface area contributed by atoms with Crippen molar-refractivity contribution in [2.24, 2.45) is 0 Å². The van der Waals surface area contributed by atoms with Gasteiger partial charge in [-0.15, -0.1) is 0 Å². The average Bonchev–Trinajstić information content (AvgIpc) is 3.08. The Kier molecular flexibility index (Phi) is 4.90. The van der Waals surface area contributed by atoms with Crippen molar-refractivity contribution in [3.05, 3.63) is 70.3 Å². The van der Waals surface area contributed by atoms with Gasteiger partial charge in [-0.05, 0) is 53.2 Å². The molecule has 2 N–H and O–H groups in total. The third-order valence-electron chi connectivity index (χ3n) is 3.21. The number of benzene rings is 1. The van der Waals surface area contributed by atoms with E-state index in [-0.39, 0.29) is 5.91 Å². The van der Waals surface area contributed by atoms with E-state index in [9.17, 15) is 4.79 Å². The van der Waals surface area contributed by atoms with Crippen molar-refractivity contribution in [2.45, 2.75) is 13.5 Å². The molecule has 0 atom stereocenters. The summed E-state index contributed by atoms with van der Waals surface area (Å²) in [5.41, 5.74) is 1.82. The predicted molar refractivity (Wildman–Crippen MR) is 94.1 cm³/mol. The van der Waals surface area contributed by atoms with E-state index in [1.807, 2.05) is 31.2 Å². The van der Waals surface area contributed by atoms with Crippen LogP contribution in [0.3, 0.4) is 0 Å². The maximum absolute atomic E-state index is 12.3. The zero-order valence-corrected chi connectivity index (χ0v) is 14.5. The van der Waals surface area contributed by atoms with Crippen LogP contribution in [0.1, 0.15) is 21.9 Å². The summed E-state index contributed by atoms with van der Waals surface area (Å²) in [6, 6.07) is 12.8. The van der Waals surface area contributed by atoms with E-state index < -0.39 is 0 Å². The van der Waals surface area contributed by atoms with Gasteiger partial charge < -0.3 is 15.1 Å². The van der Waals surface area contributed by atoms with Crippen LogP contribution < -0.4 is 10.6 Å². The van der Waals surface area contributed by atoms with E-state index in [0.29, 0.717) is 29.6 Å². The Morgan fingerprint density at radius 3 is 2.79 bits per heavy atom. The monoisotopic (exact) mass is 386 g/mol. The number of para-hydroxylation sites is 1. The van der Waals surface area contributed by atoms with E-state index in [1.54, 1.807) is 24.5 Å². The van der Waals surface area contributed by atoms with Crippen molar-refractivity contribution in [1.29, 1.82) is 0 Å². The number of rotatable bonds is 5. The zero-order valence-electron chi connectivity index (χ0n) is 12.9. The lowest BCUT2D eigenvalue weighted by atomic mass is 10.3. The van der Waals surface area contributed by atoms with Crippen molar-refractivity contribution in [2.75, 3.05) is 5.32 Å². The van der Waals surface area contributed by atoms with Gasteiger partial charge in [0.15, 0.2) is 0 Å². The maximum Gasteiger partial charge on any atom is 0.270 e. The summed E-state index contributed by atoms with van der Waals surface area (Å²) in [4.78, 5) is 20.9. The second-order valence-corrected chi connectivity index (χ2v) is 5.94. The molecule has 0 unspecified atom stereocenters. The van der Waals surface area contributed by atoms with Crippen LogP contribution in [0.4, 0.5) is 11.6 Å². The molecule has 0 saturated carbocycles. The number of amides is 1. The normalized spacial score (nSPS) is 10.4. The van der Waals surface area contributed by atoms with Crippen molar-refractivity contribution >= 4 is 33.5 Å². The molecule has 0 fully saturated rings. The fourth-order valence-corrected chi connectivity index (χ4v) is 2.48. The number of carbonyl (C=O) groups excluding carboxylic acids is 1. The molecule has 0 spiro atoms. The van der Waals surface area contributed by atoms with E-state index in [4.69, 9.17) is 4.42 Å². The molecule has 3 aromatic rings. The summed E-state index contributed by atoms with van der Waals surface area (Å²) in [7, 11) is 0. The largest absolute Gasteiger partial charge is 0.467 e. The third-order valence-corrected chi connectivity index (χ3v) is 3.90. The van der Waals surface area contributed by atoms with Gasteiger partial charge in [-0.2, -0.15) is 0 Å². The van der Waals surface area contributed by atoms with E-state index >= 15 is 0 Å². The van der Waals surface area contributed by atoms with Crippen molar-refractivity contribution in [1.82, 2.24) is 15.3 Å². The minimum absolute atomic E-state index is 0.285. The molecule has 0 aliphatic rings. The molecular formula is C17H15BrN4O2. The molecule has 0 aliphatic heterocycles. The first kappa shape index (κ1) is 16.2. The van der Waals surface area contributed by atoms with E-state index in [1.165, 1.54) is 0 Å². The number of nitrogens with zero attached hydrogens (tertiary/aromatic N) is 2. The van der Waals surface area contributed by atoms with Crippen LogP contribution in [0.25, 0.3) is 0 Å². The molecule has 0 bridgehead atoms. The maximum atomic E-state index is 12.3. The Morgan fingerprint density at radius 2 is 2.04 bits per heavy atom. The first-order valence-electron chi connectivity index (χ1n) is 7.29. The molecule has 0 saturated heterocycles. The van der Waals surface area contributed by atoms with Gasteiger partial charge in [-0.3, -0.25) is 4.79 Å². The average molecular weight is 387 g/mol. The minimum Gasteiger partial charge on any atom is -0.467 e. The third kappa shape index (κ3) is 3.99. The van der Waals surface area contributed by atoms with Crippen LogP contribution in [-0.4, -0.2) is 15.9 Å². The minimum atomic E-state index is -0.285. The Bertz CT molecular complexity index is 850. The number of halogens is 1. The van der Waals surface area contributed by atoms with Crippen LogP contribution in [0, 0.1) is 6.92 Å². The number of aromatic nitrogens is 2. The highest BCUT2D eigenvalue weighted by Crippen LogP contribution is 2.23. The standard InChI is InChI=1S/C17H15BrN4O2/c1-11-9-15(16(23)19-10-12-5-4-8-24-12)22-17(20-11)21-14-7-3-2-6-13(14)18/h2-9H,10H2,1H3,(H,19,23)(H,20,21,22). The summed E-state index contributed by atoms with van der Waals surface area (Å²) in [6.45, 7) is 2.12. The fraction of sp³-hybridized carbons (Fsp3) is 0.118. The molecular weight excluding hydrogens is 372 g/mol. The van der Waals surface area contributed by atoms with Crippen LogP contribution >= 0.6 is 15.9 Å². The van der Waals surface area contributed by atoms with Crippen molar-refractivity contribution < 1.29 is 9.21 Å². The van der Waals surface area contributed by atoms with Gasteiger partial charge in [0.25, 0.3) is 5.91 Å². The van der Waals surface area contributed by atoms with Gasteiger partial charge in [-0.25, -0.2) is 9.97 Å². The van der Waals surface area contributed by atoms with Gasteiger partial charge in [0.05, 0.1) is 18.5 Å². The van der Waals surface area contributed by atoms with Crippen molar-refractivity contribution in [3.8, 4) is 0 Å². The molecule has 3 rings (SSSR count). The molecule has 1 amide bonds. The molecule has 2 aromatic heterocycles. The van der Waals surface area contributed by atoms with Crippen LogP contribution in [0.5, 0.6) is 0 Å². The van der Waals surface area contributed by atoms with Crippen molar-refractivity contribution in [3.63, 3.8) is 0 Å². The molecule has 0 aliphatic carbocycles. The van der Waals surface area contributed by atoms with E-state index in [0.717, 1.165) is 10.2 Å². The van der Waals surface area contributed by atoms with Crippen LogP contribution in [-0.2, 0) is 6.54 Å². The Labute approximate surface area is 147 Å². The van der Waals surface area contributed by atoms with Gasteiger partial charge in [-0.1, -0.05) is 12.1 Å². The number of nitrogens with one attached hydrogen (secondary N) is 2. The topological polar surface area (TPSA) is 80.0 Å². The van der Waals surface area contributed by atoms with Crippen LogP contribution in [0.15, 0.2) is 57.6 Å². The lowest BCUT2D eigenvalue weighted by molar-refractivity contribution is 0.0943. The smallest absolute Gasteiger partial charge is 0.270 e. The molecule has 7 heteroatoms. The summed E-state index contributed by atoms with van der Waals surface area (Å²) in [6.07, 6.45) is 1.57. The lowest BCUT2D eigenvalue weighted by Gasteiger charge is -2.09.